The van der Waals surface area contributed by atoms with Crippen LogP contribution in [0.2, 0.25) is 0 Å². The van der Waals surface area contributed by atoms with Crippen LogP contribution in [0.15, 0.2) is 24.3 Å². The van der Waals surface area contributed by atoms with Crippen molar-refractivity contribution < 1.29 is 8.78 Å². The molecule has 1 aromatic carbocycles. The van der Waals surface area contributed by atoms with Gasteiger partial charge < -0.3 is 5.32 Å². The molecule has 0 spiro atoms. The summed E-state index contributed by atoms with van der Waals surface area (Å²) in [6, 6.07) is 6.99. The average molecular weight is 273 g/mol. The third kappa shape index (κ3) is 5.83. The Hall–Kier alpha value is -0.610. The van der Waals surface area contributed by atoms with Gasteiger partial charge in [-0.05, 0) is 30.4 Å². The fourth-order valence-corrected chi connectivity index (χ4v) is 2.39. The van der Waals surface area contributed by atoms with Crippen molar-refractivity contribution in [1.82, 2.24) is 5.32 Å². The molecule has 1 aromatic rings. The maximum absolute atomic E-state index is 12.4. The molecule has 0 saturated carbocycles. The van der Waals surface area contributed by atoms with E-state index in [9.17, 15) is 8.78 Å². The van der Waals surface area contributed by atoms with Crippen molar-refractivity contribution in [2.75, 3.05) is 11.5 Å². The van der Waals surface area contributed by atoms with E-state index in [2.05, 4.69) is 19.2 Å². The van der Waals surface area contributed by atoms with Crippen LogP contribution in [0.5, 0.6) is 0 Å². The van der Waals surface area contributed by atoms with Crippen LogP contribution >= 0.6 is 11.8 Å². The zero-order chi connectivity index (χ0) is 13.4. The summed E-state index contributed by atoms with van der Waals surface area (Å²) in [4.78, 5) is 0. The molecule has 0 saturated heterocycles. The number of alkyl halides is 2. The highest BCUT2D eigenvalue weighted by molar-refractivity contribution is 7.99. The fourth-order valence-electron chi connectivity index (χ4n) is 1.58. The van der Waals surface area contributed by atoms with Crippen LogP contribution in [0.3, 0.4) is 0 Å². The number of hydrogen-bond acceptors (Lipinski definition) is 2. The molecular formula is C14H21F2NS. The molecule has 18 heavy (non-hydrogen) atoms. The Kier molecular flexibility index (Phi) is 7.28. The third-order valence-corrected chi connectivity index (χ3v) is 3.72. The lowest BCUT2D eigenvalue weighted by molar-refractivity contribution is 0.151. The van der Waals surface area contributed by atoms with Gasteiger partial charge in [0.05, 0.1) is 0 Å². The first-order valence-electron chi connectivity index (χ1n) is 6.31. The van der Waals surface area contributed by atoms with E-state index in [4.69, 9.17) is 0 Å². The molecule has 0 radical (unpaired) electrons. The maximum Gasteiger partial charge on any atom is 0.263 e. The van der Waals surface area contributed by atoms with Crippen molar-refractivity contribution in [3.63, 3.8) is 0 Å². The van der Waals surface area contributed by atoms with Gasteiger partial charge in [-0.15, -0.1) is 0 Å². The molecule has 4 heteroatoms. The number of rotatable bonds is 8. The number of halogens is 2. The highest BCUT2D eigenvalue weighted by Crippen LogP contribution is 2.18. The normalized spacial score (nSPS) is 12.9. The minimum atomic E-state index is -2.38. The van der Waals surface area contributed by atoms with Crippen molar-refractivity contribution in [2.45, 2.75) is 39.3 Å². The van der Waals surface area contributed by atoms with Gasteiger partial charge in [-0.3, -0.25) is 0 Å². The Morgan fingerprint density at radius 1 is 1.22 bits per heavy atom. The van der Waals surface area contributed by atoms with Crippen LogP contribution < -0.4 is 5.32 Å². The summed E-state index contributed by atoms with van der Waals surface area (Å²) in [5, 5.41) is 3.41. The molecule has 0 aliphatic heterocycles. The molecule has 1 nitrogen and oxygen atoms in total. The van der Waals surface area contributed by atoms with Gasteiger partial charge in [0.1, 0.15) is 0 Å². The van der Waals surface area contributed by atoms with Crippen LogP contribution in [0.25, 0.3) is 0 Å². The van der Waals surface area contributed by atoms with Crippen LogP contribution in [-0.4, -0.2) is 17.5 Å². The molecule has 0 fully saturated rings. The van der Waals surface area contributed by atoms with Crippen LogP contribution in [0.1, 0.15) is 37.8 Å². The molecule has 1 rings (SSSR count). The quantitative estimate of drug-likeness (QED) is 0.711. The molecule has 1 unspecified atom stereocenters. The molecule has 0 bridgehead atoms. The van der Waals surface area contributed by atoms with Gasteiger partial charge in [0.2, 0.25) is 0 Å². The maximum atomic E-state index is 12.4. The van der Waals surface area contributed by atoms with E-state index in [-0.39, 0.29) is 5.56 Å². The average Bonchev–Trinajstić information content (AvgIpc) is 2.37. The Morgan fingerprint density at radius 3 is 2.44 bits per heavy atom. The van der Waals surface area contributed by atoms with Crippen molar-refractivity contribution in [3.05, 3.63) is 35.4 Å². The Labute approximate surface area is 112 Å². The third-order valence-electron chi connectivity index (χ3n) is 2.79. The van der Waals surface area contributed by atoms with Gasteiger partial charge in [-0.2, -0.15) is 11.8 Å². The molecule has 0 aliphatic rings. The Morgan fingerprint density at radius 2 is 1.89 bits per heavy atom. The molecule has 0 aromatic heterocycles. The minimum Gasteiger partial charge on any atom is -0.310 e. The first-order valence-corrected chi connectivity index (χ1v) is 7.47. The molecule has 0 amide bonds. The minimum absolute atomic E-state index is 0.0890. The smallest absolute Gasteiger partial charge is 0.263 e. The van der Waals surface area contributed by atoms with Crippen LogP contribution in [-0.2, 0) is 6.54 Å². The zero-order valence-corrected chi connectivity index (χ0v) is 11.8. The second-order valence-corrected chi connectivity index (χ2v) is 5.70. The van der Waals surface area contributed by atoms with Gasteiger partial charge in [0, 0.05) is 18.2 Å². The molecule has 0 aliphatic carbocycles. The predicted octanol–water partition coefficient (Wildman–Crippen LogP) is 4.25. The highest BCUT2D eigenvalue weighted by atomic mass is 32.2. The molecule has 0 heterocycles. The summed E-state index contributed by atoms with van der Waals surface area (Å²) in [5.74, 6) is 2.32. The zero-order valence-electron chi connectivity index (χ0n) is 11.0. The second kappa shape index (κ2) is 8.48. The summed E-state index contributed by atoms with van der Waals surface area (Å²) in [6.07, 6.45) is -1.25. The molecule has 102 valence electrons. The number of nitrogens with one attached hydrogen (secondary N) is 1. The fraction of sp³-hybridized carbons (Fsp3) is 0.571. The van der Waals surface area contributed by atoms with E-state index in [1.54, 1.807) is 12.1 Å². The molecular weight excluding hydrogens is 252 g/mol. The van der Waals surface area contributed by atoms with E-state index in [1.165, 1.54) is 12.1 Å². The monoisotopic (exact) mass is 273 g/mol. The van der Waals surface area contributed by atoms with E-state index in [0.29, 0.717) is 6.04 Å². The standard InChI is InChI=1S/C14H21F2NS/c1-3-18-9-8-11(2)17-10-12-4-6-13(7-5-12)14(15)16/h4-7,11,14,17H,3,8-10H2,1-2H3. The van der Waals surface area contributed by atoms with Crippen LogP contribution in [0.4, 0.5) is 8.78 Å². The second-order valence-electron chi connectivity index (χ2n) is 4.31. The lowest BCUT2D eigenvalue weighted by atomic mass is 10.1. The predicted molar refractivity (Wildman–Crippen MR) is 75.3 cm³/mol. The summed E-state index contributed by atoms with van der Waals surface area (Å²) >= 11 is 1.94. The number of hydrogen-bond donors (Lipinski definition) is 1. The van der Waals surface area contributed by atoms with E-state index < -0.39 is 6.43 Å². The largest absolute Gasteiger partial charge is 0.310 e. The summed E-state index contributed by atoms with van der Waals surface area (Å²) in [6.45, 7) is 5.05. The highest BCUT2D eigenvalue weighted by Gasteiger charge is 2.06. The van der Waals surface area contributed by atoms with Gasteiger partial charge in [0.25, 0.3) is 6.43 Å². The van der Waals surface area contributed by atoms with E-state index in [0.717, 1.165) is 30.0 Å². The summed E-state index contributed by atoms with van der Waals surface area (Å²) < 4.78 is 24.7. The topological polar surface area (TPSA) is 12.0 Å². The lowest BCUT2D eigenvalue weighted by Crippen LogP contribution is -2.26. The van der Waals surface area contributed by atoms with Crippen molar-refractivity contribution >= 4 is 11.8 Å². The SMILES string of the molecule is CCSCCC(C)NCc1ccc(C(F)F)cc1. The van der Waals surface area contributed by atoms with E-state index >= 15 is 0 Å². The van der Waals surface area contributed by atoms with Gasteiger partial charge >= 0.3 is 0 Å². The number of benzene rings is 1. The van der Waals surface area contributed by atoms with Crippen LogP contribution in [0, 0.1) is 0 Å². The van der Waals surface area contributed by atoms with Crippen molar-refractivity contribution in [1.29, 1.82) is 0 Å². The van der Waals surface area contributed by atoms with Crippen molar-refractivity contribution in [2.24, 2.45) is 0 Å². The lowest BCUT2D eigenvalue weighted by Gasteiger charge is -2.13. The number of thioether (sulfide) groups is 1. The summed E-state index contributed by atoms with van der Waals surface area (Å²) in [7, 11) is 0. The Bertz CT molecular complexity index is 327. The molecule has 1 N–H and O–H groups in total. The molecule has 1 atom stereocenters. The Balaban J connectivity index is 2.30. The van der Waals surface area contributed by atoms with E-state index in [1.807, 2.05) is 11.8 Å². The van der Waals surface area contributed by atoms with Gasteiger partial charge in [0.15, 0.2) is 0 Å². The summed E-state index contributed by atoms with van der Waals surface area (Å²) in [5.41, 5.74) is 1.14. The first kappa shape index (κ1) is 15.4. The van der Waals surface area contributed by atoms with Gasteiger partial charge in [-0.25, -0.2) is 8.78 Å². The van der Waals surface area contributed by atoms with Crippen molar-refractivity contribution in [3.8, 4) is 0 Å². The van der Waals surface area contributed by atoms with Gasteiger partial charge in [-0.1, -0.05) is 31.2 Å². The first-order chi connectivity index (χ1) is 8.63.